The van der Waals surface area contributed by atoms with Gasteiger partial charge >= 0.3 is 11.9 Å². The molecule has 3 aromatic heterocycles. The summed E-state index contributed by atoms with van der Waals surface area (Å²) in [5.74, 6) is -3.16. The Morgan fingerprint density at radius 1 is 0.891 bits per heavy atom. The first-order valence-corrected chi connectivity index (χ1v) is 13.9. The molecule has 3 aromatic carbocycles. The maximum absolute atomic E-state index is 12.3. The fraction of sp³-hybridized carbons (Fsp3) is 0.129. The summed E-state index contributed by atoms with van der Waals surface area (Å²) in [6.45, 7) is 0.231. The van der Waals surface area contributed by atoms with Crippen LogP contribution in [0.3, 0.4) is 0 Å². The zero-order valence-corrected chi connectivity index (χ0v) is 24.0. The van der Waals surface area contributed by atoms with E-state index in [1.54, 1.807) is 18.5 Å². The molecule has 0 spiro atoms. The number of carbonyl (C=O) groups excluding carboxylic acids is 1. The highest BCUT2D eigenvalue weighted by molar-refractivity contribution is 6.04. The lowest BCUT2D eigenvalue weighted by atomic mass is 10.1. The second-order valence-electron chi connectivity index (χ2n) is 9.96. The normalized spacial score (nSPS) is 11.4. The molecular formula is C31H27N9O6. The van der Waals surface area contributed by atoms with E-state index in [1.807, 2.05) is 18.3 Å². The highest BCUT2D eigenvalue weighted by Gasteiger charge is 2.21. The molecule has 0 bridgehead atoms. The largest absolute Gasteiger partial charge is 0.481 e. The van der Waals surface area contributed by atoms with Gasteiger partial charge in [-0.15, -0.1) is 0 Å². The van der Waals surface area contributed by atoms with Crippen LogP contribution in [0.4, 0.5) is 11.6 Å². The van der Waals surface area contributed by atoms with Gasteiger partial charge in [0.25, 0.3) is 11.5 Å². The van der Waals surface area contributed by atoms with Crippen molar-refractivity contribution in [3.05, 3.63) is 101 Å². The monoisotopic (exact) mass is 621 g/mol. The maximum atomic E-state index is 12.3. The number of anilines is 2. The number of aliphatic carboxylic acids is 2. The van der Waals surface area contributed by atoms with Crippen LogP contribution < -0.4 is 21.9 Å². The Morgan fingerprint density at radius 3 is 2.41 bits per heavy atom. The van der Waals surface area contributed by atoms with E-state index in [0.717, 1.165) is 10.9 Å². The second-order valence-corrected chi connectivity index (χ2v) is 9.96. The fourth-order valence-electron chi connectivity index (χ4n) is 4.48. The molecule has 0 saturated carbocycles. The van der Waals surface area contributed by atoms with Crippen molar-refractivity contribution in [2.45, 2.75) is 25.4 Å². The van der Waals surface area contributed by atoms with E-state index in [-0.39, 0.29) is 42.1 Å². The molecule has 15 heteroatoms. The number of nitrogens with two attached hydrogens (primary N) is 1. The molecule has 46 heavy (non-hydrogen) atoms. The van der Waals surface area contributed by atoms with Crippen LogP contribution in [0.15, 0.2) is 84.2 Å². The fourth-order valence-corrected chi connectivity index (χ4v) is 4.48. The number of hydrogen-bond acceptors (Lipinski definition) is 11. The zero-order chi connectivity index (χ0) is 32.6. The summed E-state index contributed by atoms with van der Waals surface area (Å²) in [5.41, 5.74) is 7.50. The number of fused-ring (bicyclic) bond motifs is 4. The van der Waals surface area contributed by atoms with Crippen molar-refractivity contribution in [2.75, 3.05) is 11.1 Å². The number of rotatable bonds is 9. The van der Waals surface area contributed by atoms with Crippen molar-refractivity contribution in [1.29, 1.82) is 0 Å². The number of nitrogens with zero attached hydrogens (tertiary/aromatic N) is 5. The van der Waals surface area contributed by atoms with E-state index in [0.29, 0.717) is 11.4 Å². The molecule has 6 rings (SSSR count). The Hall–Kier alpha value is -6.51. The maximum Gasteiger partial charge on any atom is 0.326 e. The first-order chi connectivity index (χ1) is 22.2. The van der Waals surface area contributed by atoms with Gasteiger partial charge in [-0.05, 0) is 36.1 Å². The first kappa shape index (κ1) is 30.9. The standard InChI is InChI=1S/C19H19N7O6.C12H8N2/c20-19-25-15-14(17(30)26-19)23-11(8-22-15)7-21-10-3-1-9(2-4-10)16(29)24-12(18(31)32)5-6-13(27)28;1-2-4-11-9(3-1)5-6-10-7-13-8-14-12(10)11/h1-4,8,12,21H,5-7H2,(H,24,29)(H,27,28)(H,31,32)(H3,20,22,25,26,30);1-8H. The number of nitrogens with one attached hydrogen (secondary N) is 3. The van der Waals surface area contributed by atoms with E-state index < -0.39 is 29.4 Å². The van der Waals surface area contributed by atoms with Crippen molar-refractivity contribution in [1.82, 2.24) is 35.2 Å². The summed E-state index contributed by atoms with van der Waals surface area (Å²) in [6, 6.07) is 17.3. The number of carboxylic acids is 2. The minimum Gasteiger partial charge on any atom is -0.481 e. The summed E-state index contributed by atoms with van der Waals surface area (Å²) in [6.07, 6.45) is 4.27. The molecular weight excluding hydrogens is 594 g/mol. The van der Waals surface area contributed by atoms with Crippen LogP contribution in [0.1, 0.15) is 28.9 Å². The molecule has 0 saturated heterocycles. The zero-order valence-electron chi connectivity index (χ0n) is 24.0. The molecule has 3 heterocycles. The van der Waals surface area contributed by atoms with Gasteiger partial charge in [0.2, 0.25) is 5.95 Å². The number of amides is 1. The van der Waals surface area contributed by atoms with E-state index >= 15 is 0 Å². The summed E-state index contributed by atoms with van der Waals surface area (Å²) in [4.78, 5) is 68.9. The van der Waals surface area contributed by atoms with Crippen molar-refractivity contribution < 1.29 is 24.6 Å². The Bertz CT molecular complexity index is 2060. The minimum absolute atomic E-state index is 0.0524. The number of carboxylic acid groups (broad SMARTS) is 2. The van der Waals surface area contributed by atoms with Gasteiger partial charge in [0.15, 0.2) is 11.2 Å². The molecule has 1 atom stereocenters. The molecule has 1 amide bonds. The average Bonchev–Trinajstić information content (AvgIpc) is 3.06. The molecule has 0 aliphatic carbocycles. The number of carbonyl (C=O) groups is 3. The van der Waals surface area contributed by atoms with Crippen LogP contribution in [0.2, 0.25) is 0 Å². The predicted octanol–water partition coefficient (Wildman–Crippen LogP) is 2.74. The van der Waals surface area contributed by atoms with Crippen LogP contribution in [-0.2, 0) is 16.1 Å². The smallest absolute Gasteiger partial charge is 0.326 e. The number of benzene rings is 3. The highest BCUT2D eigenvalue weighted by atomic mass is 16.4. The van der Waals surface area contributed by atoms with E-state index in [4.69, 9.17) is 15.9 Å². The Balaban J connectivity index is 0.000000244. The van der Waals surface area contributed by atoms with Crippen molar-refractivity contribution in [3.63, 3.8) is 0 Å². The summed E-state index contributed by atoms with van der Waals surface area (Å²) in [5, 5.41) is 26.7. The summed E-state index contributed by atoms with van der Waals surface area (Å²) < 4.78 is 0. The number of H-pyrrole nitrogens is 1. The van der Waals surface area contributed by atoms with Gasteiger partial charge < -0.3 is 26.6 Å². The van der Waals surface area contributed by atoms with E-state index in [2.05, 4.69) is 64.8 Å². The first-order valence-electron chi connectivity index (χ1n) is 13.9. The number of hydrogen-bond donors (Lipinski definition) is 6. The van der Waals surface area contributed by atoms with Crippen LogP contribution >= 0.6 is 0 Å². The van der Waals surface area contributed by atoms with E-state index in [9.17, 15) is 19.2 Å². The third kappa shape index (κ3) is 7.52. The van der Waals surface area contributed by atoms with Gasteiger partial charge in [-0.3, -0.25) is 19.4 Å². The summed E-state index contributed by atoms with van der Waals surface area (Å²) >= 11 is 0. The third-order valence-electron chi connectivity index (χ3n) is 6.76. The molecule has 6 aromatic rings. The molecule has 1 unspecified atom stereocenters. The van der Waals surface area contributed by atoms with Gasteiger partial charge in [0, 0.05) is 34.6 Å². The molecule has 0 radical (unpaired) electrons. The van der Waals surface area contributed by atoms with Crippen LogP contribution in [0.5, 0.6) is 0 Å². The van der Waals surface area contributed by atoms with Gasteiger partial charge in [0.1, 0.15) is 12.4 Å². The van der Waals surface area contributed by atoms with Gasteiger partial charge in [-0.25, -0.2) is 24.7 Å². The topological polar surface area (TPSA) is 239 Å². The Labute approximate surface area is 259 Å². The lowest BCUT2D eigenvalue weighted by molar-refractivity contribution is -0.140. The van der Waals surface area contributed by atoms with Gasteiger partial charge in [-0.1, -0.05) is 36.4 Å². The molecule has 0 aliphatic rings. The lowest BCUT2D eigenvalue weighted by Crippen LogP contribution is -2.41. The SMILES string of the molecule is Nc1nc2ncc(CNc3ccc(C(=O)NC(CCC(=O)O)C(=O)O)cc3)nc2c(=O)[nH]1.c1ccc2c(c1)ccc1cncnc12. The summed E-state index contributed by atoms with van der Waals surface area (Å²) in [7, 11) is 0. The van der Waals surface area contributed by atoms with Crippen molar-refractivity contribution in [2.24, 2.45) is 0 Å². The molecule has 0 fully saturated rings. The van der Waals surface area contributed by atoms with Crippen molar-refractivity contribution in [3.8, 4) is 0 Å². The molecule has 0 aliphatic heterocycles. The van der Waals surface area contributed by atoms with Crippen LogP contribution in [0, 0.1) is 0 Å². The van der Waals surface area contributed by atoms with Crippen LogP contribution in [-0.4, -0.2) is 64.0 Å². The number of nitrogen functional groups attached to an aromatic ring is 1. The third-order valence-corrected chi connectivity index (χ3v) is 6.76. The number of aromatic amines is 1. The Morgan fingerprint density at radius 2 is 1.65 bits per heavy atom. The highest BCUT2D eigenvalue weighted by Crippen LogP contribution is 2.22. The second kappa shape index (κ2) is 13.9. The Kier molecular flexibility index (Phi) is 9.32. The average molecular weight is 622 g/mol. The molecule has 232 valence electrons. The van der Waals surface area contributed by atoms with Crippen molar-refractivity contribution >= 4 is 62.3 Å². The minimum atomic E-state index is -1.31. The number of aromatic nitrogens is 6. The quantitative estimate of drug-likeness (QED) is 0.127. The van der Waals surface area contributed by atoms with Gasteiger partial charge in [-0.2, -0.15) is 4.98 Å². The predicted molar refractivity (Wildman–Crippen MR) is 169 cm³/mol. The van der Waals surface area contributed by atoms with Gasteiger partial charge in [0.05, 0.1) is 24.0 Å². The lowest BCUT2D eigenvalue weighted by Gasteiger charge is -2.14. The molecule has 15 nitrogen and oxygen atoms in total. The molecule has 7 N–H and O–H groups in total. The van der Waals surface area contributed by atoms with E-state index in [1.165, 1.54) is 29.1 Å². The van der Waals surface area contributed by atoms with Crippen LogP contribution in [0.25, 0.3) is 32.8 Å².